The predicted octanol–water partition coefficient (Wildman–Crippen LogP) is 4.80. The summed E-state index contributed by atoms with van der Waals surface area (Å²) < 4.78 is 39.7. The molecule has 0 unspecified atom stereocenters. The van der Waals surface area contributed by atoms with Crippen LogP contribution in [0.4, 0.5) is 0 Å². The standard InChI is InChI=1S/C19H27NSi/c1-14(2)11-17-12-18(16-9-7-15(3)8-10-16)20-13-19(17)21(4,5)6/h7-10,12-14H,11H2,1-6H3/i3D3,11D2. The Morgan fingerprint density at radius 2 is 1.86 bits per heavy atom. The third-order valence-electron chi connectivity index (χ3n) is 3.34. The van der Waals surface area contributed by atoms with Crippen LogP contribution in [-0.2, 0) is 6.37 Å². The van der Waals surface area contributed by atoms with Crippen LogP contribution >= 0.6 is 0 Å². The van der Waals surface area contributed by atoms with Crippen LogP contribution in [0.2, 0.25) is 19.6 Å². The van der Waals surface area contributed by atoms with Crippen LogP contribution in [0.5, 0.6) is 0 Å². The Labute approximate surface area is 137 Å². The summed E-state index contributed by atoms with van der Waals surface area (Å²) in [5, 5.41) is 1.03. The van der Waals surface area contributed by atoms with Crippen molar-refractivity contribution in [1.82, 2.24) is 4.98 Å². The molecule has 2 rings (SSSR count). The first-order valence-electron chi connectivity index (χ1n) is 9.86. The highest BCUT2D eigenvalue weighted by molar-refractivity contribution is 6.89. The van der Waals surface area contributed by atoms with Gasteiger partial charge in [-0.2, -0.15) is 0 Å². The van der Waals surface area contributed by atoms with Crippen LogP contribution in [0.15, 0.2) is 36.5 Å². The minimum absolute atomic E-state index is 0.161. The molecule has 1 nitrogen and oxygen atoms in total. The molecule has 0 aliphatic heterocycles. The van der Waals surface area contributed by atoms with Crippen molar-refractivity contribution in [2.75, 3.05) is 0 Å². The molecule has 0 radical (unpaired) electrons. The third-order valence-corrected chi connectivity index (χ3v) is 5.35. The smallest absolute Gasteiger partial charge is 0.0799 e. The molecule has 0 saturated carbocycles. The van der Waals surface area contributed by atoms with Crippen LogP contribution in [-0.4, -0.2) is 13.1 Å². The zero-order chi connectivity index (χ0) is 19.9. The summed E-state index contributed by atoms with van der Waals surface area (Å²) in [6, 6.07) is 8.51. The van der Waals surface area contributed by atoms with Crippen LogP contribution < -0.4 is 5.19 Å². The van der Waals surface area contributed by atoms with Gasteiger partial charge in [0.05, 0.1) is 13.8 Å². The number of pyridine rings is 1. The van der Waals surface area contributed by atoms with E-state index < -0.39 is 21.3 Å². The Morgan fingerprint density at radius 3 is 2.38 bits per heavy atom. The first-order valence-corrected chi connectivity index (χ1v) is 10.9. The molecule has 112 valence electrons. The number of aryl methyl sites for hydroxylation is 1. The maximum atomic E-state index is 8.60. The van der Waals surface area contributed by atoms with E-state index >= 15 is 0 Å². The van der Waals surface area contributed by atoms with Crippen LogP contribution in [0, 0.1) is 12.8 Å². The second-order valence-corrected chi connectivity index (χ2v) is 11.8. The highest BCUT2D eigenvalue weighted by Crippen LogP contribution is 2.20. The highest BCUT2D eigenvalue weighted by Gasteiger charge is 2.21. The van der Waals surface area contributed by atoms with Gasteiger partial charge in [0.2, 0.25) is 0 Å². The molecule has 0 bridgehead atoms. The highest BCUT2D eigenvalue weighted by atomic mass is 28.3. The fourth-order valence-electron chi connectivity index (χ4n) is 2.28. The van der Waals surface area contributed by atoms with Gasteiger partial charge in [0.25, 0.3) is 0 Å². The van der Waals surface area contributed by atoms with E-state index in [0.29, 0.717) is 11.3 Å². The van der Waals surface area contributed by atoms with E-state index in [-0.39, 0.29) is 11.5 Å². The van der Waals surface area contributed by atoms with Crippen molar-refractivity contribution >= 4 is 13.3 Å². The van der Waals surface area contributed by atoms with Gasteiger partial charge in [-0.25, -0.2) is 0 Å². The number of benzene rings is 1. The molecule has 0 spiro atoms. The minimum Gasteiger partial charge on any atom is -0.256 e. The van der Waals surface area contributed by atoms with Gasteiger partial charge in [0, 0.05) is 18.6 Å². The molecule has 21 heavy (non-hydrogen) atoms. The molecular weight excluding hydrogens is 270 g/mol. The second-order valence-electron chi connectivity index (χ2n) is 6.74. The van der Waals surface area contributed by atoms with Crippen molar-refractivity contribution in [2.24, 2.45) is 5.92 Å². The van der Waals surface area contributed by atoms with Gasteiger partial charge in [-0.05, 0) is 36.0 Å². The minimum atomic E-state index is -2.13. The van der Waals surface area contributed by atoms with E-state index in [1.165, 1.54) is 0 Å². The number of rotatable bonds is 4. The number of hydrogen-bond acceptors (Lipinski definition) is 1. The van der Waals surface area contributed by atoms with Crippen LogP contribution in [0.1, 0.15) is 31.8 Å². The average Bonchev–Trinajstić information content (AvgIpc) is 2.52. The van der Waals surface area contributed by atoms with Crippen molar-refractivity contribution in [2.45, 2.75) is 46.7 Å². The summed E-state index contributed by atoms with van der Waals surface area (Å²) in [4.78, 5) is 4.57. The monoisotopic (exact) mass is 302 g/mol. The third kappa shape index (κ3) is 4.04. The summed E-state index contributed by atoms with van der Waals surface area (Å²) in [5.74, 6) is -0.161. The van der Waals surface area contributed by atoms with Gasteiger partial charge >= 0.3 is 0 Å². The second kappa shape index (κ2) is 6.14. The van der Waals surface area contributed by atoms with E-state index in [1.54, 1.807) is 24.3 Å². The first-order chi connectivity index (χ1) is 11.7. The predicted molar refractivity (Wildman–Crippen MR) is 95.9 cm³/mol. The molecule has 0 fully saturated rings. The molecular formula is C19H27NSi. The summed E-state index contributed by atoms with van der Waals surface area (Å²) in [5.41, 5.74) is 2.46. The first kappa shape index (κ1) is 10.3. The maximum Gasteiger partial charge on any atom is 0.0799 e. The zero-order valence-electron chi connectivity index (χ0n) is 18.5. The molecule has 2 heteroatoms. The summed E-state index contributed by atoms with van der Waals surface area (Å²) in [7, 11) is -1.77. The Morgan fingerprint density at radius 1 is 1.19 bits per heavy atom. The lowest BCUT2D eigenvalue weighted by atomic mass is 10.0. The Hall–Kier alpha value is -1.41. The summed E-state index contributed by atoms with van der Waals surface area (Å²) in [6.45, 7) is 8.21. The molecule has 0 N–H and O–H groups in total. The van der Waals surface area contributed by atoms with Gasteiger partial charge in [0.15, 0.2) is 0 Å². The molecule has 1 aromatic carbocycles. The van der Waals surface area contributed by atoms with E-state index in [4.69, 9.17) is 6.85 Å². The van der Waals surface area contributed by atoms with Crippen molar-refractivity contribution in [3.63, 3.8) is 0 Å². The average molecular weight is 303 g/mol. The molecule has 0 aliphatic rings. The molecule has 0 saturated heterocycles. The molecule has 2 aromatic rings. The Balaban J connectivity index is 2.59. The van der Waals surface area contributed by atoms with Gasteiger partial charge < -0.3 is 0 Å². The van der Waals surface area contributed by atoms with Gasteiger partial charge in [-0.1, -0.05) is 63.3 Å². The largest absolute Gasteiger partial charge is 0.256 e. The van der Waals surface area contributed by atoms with E-state index in [9.17, 15) is 0 Å². The number of hydrogen-bond donors (Lipinski definition) is 0. The molecule has 0 aliphatic carbocycles. The quantitative estimate of drug-likeness (QED) is 0.739. The lowest BCUT2D eigenvalue weighted by Gasteiger charge is -2.22. The molecule has 1 heterocycles. The fraction of sp³-hybridized carbons (Fsp3) is 0.421. The maximum absolute atomic E-state index is 8.60. The number of nitrogens with zero attached hydrogens (tertiary/aromatic N) is 1. The zero-order valence-corrected chi connectivity index (χ0v) is 14.5. The lowest BCUT2D eigenvalue weighted by Crippen LogP contribution is -2.40. The Kier molecular flexibility index (Phi) is 3.02. The molecule has 1 aromatic heterocycles. The topological polar surface area (TPSA) is 12.9 Å². The summed E-state index contributed by atoms with van der Waals surface area (Å²) in [6.07, 6.45) is 0.362. The van der Waals surface area contributed by atoms with Gasteiger partial charge in [-0.3, -0.25) is 4.98 Å². The van der Waals surface area contributed by atoms with Crippen molar-refractivity contribution < 1.29 is 6.85 Å². The lowest BCUT2D eigenvalue weighted by molar-refractivity contribution is 0.649. The normalized spacial score (nSPS) is 16.8. The van der Waals surface area contributed by atoms with E-state index in [0.717, 1.165) is 10.8 Å². The Bertz CT molecular complexity index is 774. The number of aromatic nitrogens is 1. The van der Waals surface area contributed by atoms with Crippen molar-refractivity contribution in [3.05, 3.63) is 47.7 Å². The SMILES string of the molecule is [2H]C([2H])([2H])c1ccc(-c2cc(C([2H])([2H])C(C)C)c([Si](C)(C)C)cn2)cc1. The summed E-state index contributed by atoms with van der Waals surface area (Å²) >= 11 is 0. The van der Waals surface area contributed by atoms with E-state index in [2.05, 4.69) is 24.6 Å². The molecule has 0 atom stereocenters. The van der Waals surface area contributed by atoms with Crippen LogP contribution in [0.3, 0.4) is 0 Å². The molecule has 0 amide bonds. The van der Waals surface area contributed by atoms with Crippen molar-refractivity contribution in [1.29, 1.82) is 0 Å². The van der Waals surface area contributed by atoms with Gasteiger partial charge in [0.1, 0.15) is 0 Å². The fourth-order valence-corrected chi connectivity index (χ4v) is 3.69. The van der Waals surface area contributed by atoms with E-state index in [1.807, 2.05) is 26.1 Å². The van der Waals surface area contributed by atoms with Gasteiger partial charge in [-0.15, -0.1) is 0 Å². The van der Waals surface area contributed by atoms with Crippen LogP contribution in [0.25, 0.3) is 11.3 Å². The van der Waals surface area contributed by atoms with Crippen molar-refractivity contribution in [3.8, 4) is 11.3 Å².